The fourth-order valence-electron chi connectivity index (χ4n) is 1.19. The van der Waals surface area contributed by atoms with Crippen LogP contribution in [0.4, 0.5) is 0 Å². The highest BCUT2D eigenvalue weighted by Gasteiger charge is 2.32. The molecule has 98 valence electrons. The Morgan fingerprint density at radius 1 is 1.53 bits per heavy atom. The molecule has 0 bridgehead atoms. The maximum absolute atomic E-state index is 10.9. The first kappa shape index (κ1) is 15.6. The molecular formula is C11H21N3O3. The van der Waals surface area contributed by atoms with Gasteiger partial charge in [-0.1, -0.05) is 12.2 Å². The van der Waals surface area contributed by atoms with Gasteiger partial charge in [0.1, 0.15) is 5.54 Å². The van der Waals surface area contributed by atoms with E-state index >= 15 is 0 Å². The van der Waals surface area contributed by atoms with Gasteiger partial charge in [0.15, 0.2) is 0 Å². The standard InChI is InChI=1S/C11H21N3O3/c1-9(12)14-7-5-3-4-6-11(13,8-17-2)10(15)16/h3-4H,5-8,13H2,1-2H3,(H2,12,14)(H,15,16)/b4-3-/t11-/m1/s1. The summed E-state index contributed by atoms with van der Waals surface area (Å²) in [6, 6.07) is 0. The number of aliphatic imine (C=N–C) groups is 1. The Bertz CT molecular complexity index is 298. The summed E-state index contributed by atoms with van der Waals surface area (Å²) in [5.74, 6) is -0.531. The number of carboxylic acids is 1. The number of amidine groups is 1. The lowest BCUT2D eigenvalue weighted by Crippen LogP contribution is -2.51. The number of carboxylic acid groups (broad SMARTS) is 1. The lowest BCUT2D eigenvalue weighted by Gasteiger charge is -2.21. The van der Waals surface area contributed by atoms with Crippen LogP contribution < -0.4 is 11.5 Å². The van der Waals surface area contributed by atoms with E-state index in [1.165, 1.54) is 7.11 Å². The van der Waals surface area contributed by atoms with Crippen molar-refractivity contribution in [1.29, 1.82) is 0 Å². The zero-order valence-corrected chi connectivity index (χ0v) is 10.3. The summed E-state index contributed by atoms with van der Waals surface area (Å²) in [4.78, 5) is 14.9. The molecule has 0 aliphatic rings. The summed E-state index contributed by atoms with van der Waals surface area (Å²) in [5.41, 5.74) is 9.70. The van der Waals surface area contributed by atoms with Crippen LogP contribution in [0.1, 0.15) is 19.8 Å². The predicted molar refractivity (Wildman–Crippen MR) is 67.0 cm³/mol. The molecule has 0 aromatic heterocycles. The van der Waals surface area contributed by atoms with E-state index < -0.39 is 11.5 Å². The minimum absolute atomic E-state index is 0.0211. The first-order valence-corrected chi connectivity index (χ1v) is 5.35. The third-order valence-corrected chi connectivity index (χ3v) is 2.13. The van der Waals surface area contributed by atoms with Crippen molar-refractivity contribution in [2.24, 2.45) is 16.5 Å². The molecule has 0 heterocycles. The number of carbonyl (C=O) groups is 1. The fourth-order valence-corrected chi connectivity index (χ4v) is 1.19. The second kappa shape index (κ2) is 7.81. The molecule has 0 spiro atoms. The number of nitrogens with zero attached hydrogens (tertiary/aromatic N) is 1. The predicted octanol–water partition coefficient (Wildman–Crippen LogP) is 0.128. The van der Waals surface area contributed by atoms with Crippen molar-refractivity contribution in [1.82, 2.24) is 0 Å². The largest absolute Gasteiger partial charge is 0.480 e. The Morgan fingerprint density at radius 2 is 2.18 bits per heavy atom. The molecule has 0 aromatic carbocycles. The zero-order chi connectivity index (χ0) is 13.3. The molecule has 1 atom stereocenters. The molecule has 0 aliphatic carbocycles. The minimum atomic E-state index is -1.36. The van der Waals surface area contributed by atoms with Crippen LogP contribution in [0, 0.1) is 0 Å². The quantitative estimate of drug-likeness (QED) is 0.243. The smallest absolute Gasteiger partial charge is 0.326 e. The summed E-state index contributed by atoms with van der Waals surface area (Å²) in [6.45, 7) is 2.29. The SMILES string of the molecule is COC[C@](N)(C/C=C\CCN=C(C)N)C(=O)O. The second-order valence-corrected chi connectivity index (χ2v) is 3.88. The molecule has 0 amide bonds. The molecule has 0 radical (unpaired) electrons. The highest BCUT2D eigenvalue weighted by atomic mass is 16.5. The first-order valence-electron chi connectivity index (χ1n) is 5.35. The van der Waals surface area contributed by atoms with Gasteiger partial charge < -0.3 is 21.3 Å². The number of hydrogen-bond acceptors (Lipinski definition) is 4. The number of nitrogens with two attached hydrogens (primary N) is 2. The van der Waals surface area contributed by atoms with E-state index in [0.29, 0.717) is 18.8 Å². The van der Waals surface area contributed by atoms with Gasteiger partial charge >= 0.3 is 5.97 Å². The van der Waals surface area contributed by atoms with Gasteiger partial charge in [-0.2, -0.15) is 0 Å². The molecule has 17 heavy (non-hydrogen) atoms. The van der Waals surface area contributed by atoms with Crippen molar-refractivity contribution >= 4 is 11.8 Å². The lowest BCUT2D eigenvalue weighted by molar-refractivity contribution is -0.145. The van der Waals surface area contributed by atoms with Gasteiger partial charge in [0, 0.05) is 13.7 Å². The van der Waals surface area contributed by atoms with Crippen molar-refractivity contribution in [2.45, 2.75) is 25.3 Å². The van der Waals surface area contributed by atoms with Crippen molar-refractivity contribution < 1.29 is 14.6 Å². The molecule has 6 nitrogen and oxygen atoms in total. The van der Waals surface area contributed by atoms with Gasteiger partial charge in [0.2, 0.25) is 0 Å². The van der Waals surface area contributed by atoms with Crippen LogP contribution >= 0.6 is 0 Å². The Labute approximate surface area is 101 Å². The molecule has 0 aliphatic heterocycles. The normalized spacial score (nSPS) is 16.1. The van der Waals surface area contributed by atoms with Crippen LogP contribution in [0.15, 0.2) is 17.1 Å². The highest BCUT2D eigenvalue weighted by molar-refractivity contribution is 5.79. The third kappa shape index (κ3) is 6.70. The lowest BCUT2D eigenvalue weighted by atomic mass is 9.97. The maximum atomic E-state index is 10.9. The zero-order valence-electron chi connectivity index (χ0n) is 10.3. The van der Waals surface area contributed by atoms with Gasteiger partial charge in [0.05, 0.1) is 12.4 Å². The summed E-state index contributed by atoms with van der Waals surface area (Å²) >= 11 is 0. The van der Waals surface area contributed by atoms with Crippen LogP contribution in [0.3, 0.4) is 0 Å². The Morgan fingerprint density at radius 3 is 2.65 bits per heavy atom. The van der Waals surface area contributed by atoms with Gasteiger partial charge in [-0.3, -0.25) is 9.79 Å². The highest BCUT2D eigenvalue weighted by Crippen LogP contribution is 2.09. The van der Waals surface area contributed by atoms with Crippen LogP contribution in [-0.4, -0.2) is 42.7 Å². The molecule has 5 N–H and O–H groups in total. The Hall–Kier alpha value is -1.40. The summed E-state index contributed by atoms with van der Waals surface area (Å²) in [5, 5.41) is 8.96. The summed E-state index contributed by atoms with van der Waals surface area (Å²) < 4.78 is 4.80. The van der Waals surface area contributed by atoms with E-state index in [4.69, 9.17) is 21.3 Å². The average Bonchev–Trinajstić information content (AvgIpc) is 2.23. The van der Waals surface area contributed by atoms with E-state index in [1.807, 2.05) is 6.08 Å². The van der Waals surface area contributed by atoms with Crippen molar-refractivity contribution in [3.05, 3.63) is 12.2 Å². The Balaban J connectivity index is 4.09. The molecular weight excluding hydrogens is 222 g/mol. The molecule has 0 unspecified atom stereocenters. The van der Waals surface area contributed by atoms with E-state index in [1.54, 1.807) is 13.0 Å². The van der Waals surface area contributed by atoms with Crippen molar-refractivity contribution in [3.63, 3.8) is 0 Å². The first-order chi connectivity index (χ1) is 7.92. The van der Waals surface area contributed by atoms with E-state index in [0.717, 1.165) is 0 Å². The Kier molecular flexibility index (Phi) is 7.16. The van der Waals surface area contributed by atoms with E-state index in [-0.39, 0.29) is 13.0 Å². The van der Waals surface area contributed by atoms with Crippen LogP contribution in [-0.2, 0) is 9.53 Å². The minimum Gasteiger partial charge on any atom is -0.480 e. The van der Waals surface area contributed by atoms with E-state index in [9.17, 15) is 4.79 Å². The van der Waals surface area contributed by atoms with Crippen molar-refractivity contribution in [2.75, 3.05) is 20.3 Å². The van der Waals surface area contributed by atoms with E-state index in [2.05, 4.69) is 4.99 Å². The molecule has 0 rings (SSSR count). The number of aliphatic carboxylic acids is 1. The fraction of sp³-hybridized carbons (Fsp3) is 0.636. The second-order valence-electron chi connectivity index (χ2n) is 3.88. The molecule has 0 saturated heterocycles. The average molecular weight is 243 g/mol. The van der Waals surface area contributed by atoms with Crippen LogP contribution in [0.5, 0.6) is 0 Å². The summed E-state index contributed by atoms with van der Waals surface area (Å²) in [6.07, 6.45) is 4.50. The maximum Gasteiger partial charge on any atom is 0.326 e. The summed E-state index contributed by atoms with van der Waals surface area (Å²) in [7, 11) is 1.42. The molecule has 0 saturated carbocycles. The van der Waals surface area contributed by atoms with Crippen LogP contribution in [0.25, 0.3) is 0 Å². The van der Waals surface area contributed by atoms with Crippen molar-refractivity contribution in [3.8, 4) is 0 Å². The van der Waals surface area contributed by atoms with Gasteiger partial charge in [-0.15, -0.1) is 0 Å². The molecule has 6 heteroatoms. The number of ether oxygens (including phenoxy) is 1. The third-order valence-electron chi connectivity index (χ3n) is 2.13. The van der Waals surface area contributed by atoms with Gasteiger partial charge in [-0.05, 0) is 19.8 Å². The monoisotopic (exact) mass is 243 g/mol. The molecule has 0 aromatic rings. The number of methoxy groups -OCH3 is 1. The molecule has 0 fully saturated rings. The number of hydrogen-bond donors (Lipinski definition) is 3. The topological polar surface area (TPSA) is 111 Å². The van der Waals surface area contributed by atoms with Crippen LogP contribution in [0.2, 0.25) is 0 Å². The van der Waals surface area contributed by atoms with Gasteiger partial charge in [0.25, 0.3) is 0 Å². The van der Waals surface area contributed by atoms with Gasteiger partial charge in [-0.25, -0.2) is 0 Å². The number of rotatable bonds is 8.